The SMILES string of the molecule is N#Cc1ccc(N2CCOC(CO)C2)nc1. The summed E-state index contributed by atoms with van der Waals surface area (Å²) in [6.45, 7) is 2.00. The van der Waals surface area contributed by atoms with Gasteiger partial charge in [0.1, 0.15) is 11.9 Å². The van der Waals surface area contributed by atoms with Crippen LogP contribution in [0.4, 0.5) is 5.82 Å². The lowest BCUT2D eigenvalue weighted by molar-refractivity contribution is 0.00336. The topological polar surface area (TPSA) is 69.4 Å². The number of rotatable bonds is 2. The molecule has 1 aliphatic heterocycles. The Balaban J connectivity index is 2.08. The van der Waals surface area contributed by atoms with Gasteiger partial charge in [0.2, 0.25) is 0 Å². The minimum atomic E-state index is -0.147. The molecule has 0 aromatic carbocycles. The number of aliphatic hydroxyl groups excluding tert-OH is 1. The minimum Gasteiger partial charge on any atom is -0.394 e. The summed E-state index contributed by atoms with van der Waals surface area (Å²) >= 11 is 0. The summed E-state index contributed by atoms with van der Waals surface area (Å²) in [5.41, 5.74) is 0.552. The molecule has 16 heavy (non-hydrogen) atoms. The molecule has 1 aliphatic rings. The summed E-state index contributed by atoms with van der Waals surface area (Å²) in [6.07, 6.45) is 1.41. The van der Waals surface area contributed by atoms with Gasteiger partial charge in [-0.05, 0) is 12.1 Å². The molecule has 2 rings (SSSR count). The fourth-order valence-electron chi connectivity index (χ4n) is 1.68. The van der Waals surface area contributed by atoms with Crippen molar-refractivity contribution in [3.8, 4) is 6.07 Å². The van der Waals surface area contributed by atoms with E-state index in [1.54, 1.807) is 12.3 Å². The van der Waals surface area contributed by atoms with E-state index < -0.39 is 0 Å². The van der Waals surface area contributed by atoms with Crippen LogP contribution in [0, 0.1) is 11.3 Å². The first kappa shape index (κ1) is 10.9. The zero-order valence-electron chi connectivity index (χ0n) is 8.83. The molecule has 0 saturated carbocycles. The molecule has 1 atom stereocenters. The van der Waals surface area contributed by atoms with Crippen LogP contribution >= 0.6 is 0 Å². The maximum absolute atomic E-state index is 9.02. The first-order valence-corrected chi connectivity index (χ1v) is 5.17. The van der Waals surface area contributed by atoms with Crippen LogP contribution in [-0.4, -0.2) is 42.5 Å². The third-order valence-electron chi connectivity index (χ3n) is 2.54. The second-order valence-corrected chi connectivity index (χ2v) is 3.64. The van der Waals surface area contributed by atoms with Gasteiger partial charge >= 0.3 is 0 Å². The number of anilines is 1. The number of aliphatic hydroxyl groups is 1. The van der Waals surface area contributed by atoms with Gasteiger partial charge in [-0.1, -0.05) is 0 Å². The first-order valence-electron chi connectivity index (χ1n) is 5.17. The Morgan fingerprint density at radius 1 is 1.62 bits per heavy atom. The maximum Gasteiger partial charge on any atom is 0.128 e. The Morgan fingerprint density at radius 3 is 3.12 bits per heavy atom. The van der Waals surface area contributed by atoms with Crippen molar-refractivity contribution in [3.05, 3.63) is 23.9 Å². The van der Waals surface area contributed by atoms with Crippen molar-refractivity contribution in [2.45, 2.75) is 6.10 Å². The van der Waals surface area contributed by atoms with Crippen molar-refractivity contribution >= 4 is 5.82 Å². The van der Waals surface area contributed by atoms with Gasteiger partial charge in [0.25, 0.3) is 0 Å². The minimum absolute atomic E-state index is 0.0206. The van der Waals surface area contributed by atoms with E-state index >= 15 is 0 Å². The van der Waals surface area contributed by atoms with Crippen molar-refractivity contribution in [1.29, 1.82) is 5.26 Å². The molecule has 0 aliphatic carbocycles. The van der Waals surface area contributed by atoms with Crippen LogP contribution < -0.4 is 4.90 Å². The molecule has 1 N–H and O–H groups in total. The Morgan fingerprint density at radius 2 is 2.50 bits per heavy atom. The summed E-state index contributed by atoms with van der Waals surface area (Å²) in [4.78, 5) is 6.26. The number of hydrogen-bond acceptors (Lipinski definition) is 5. The fourth-order valence-corrected chi connectivity index (χ4v) is 1.68. The largest absolute Gasteiger partial charge is 0.394 e. The van der Waals surface area contributed by atoms with Crippen LogP contribution in [0.15, 0.2) is 18.3 Å². The van der Waals surface area contributed by atoms with E-state index in [1.807, 2.05) is 17.0 Å². The summed E-state index contributed by atoms with van der Waals surface area (Å²) in [6, 6.07) is 5.59. The highest BCUT2D eigenvalue weighted by Crippen LogP contribution is 2.15. The number of morpholine rings is 1. The molecule has 1 fully saturated rings. The number of hydrogen-bond donors (Lipinski definition) is 1. The highest BCUT2D eigenvalue weighted by molar-refractivity contribution is 5.42. The molecule has 0 amide bonds. The summed E-state index contributed by atoms with van der Waals surface area (Å²) in [7, 11) is 0. The van der Waals surface area contributed by atoms with E-state index in [0.29, 0.717) is 18.7 Å². The van der Waals surface area contributed by atoms with Gasteiger partial charge in [0.05, 0.1) is 24.9 Å². The normalized spacial score (nSPS) is 20.5. The molecule has 0 spiro atoms. The highest BCUT2D eigenvalue weighted by Gasteiger charge is 2.20. The van der Waals surface area contributed by atoms with E-state index in [9.17, 15) is 0 Å². The summed E-state index contributed by atoms with van der Waals surface area (Å²) < 4.78 is 5.35. The van der Waals surface area contributed by atoms with Crippen molar-refractivity contribution in [2.75, 3.05) is 31.2 Å². The Hall–Kier alpha value is -1.64. The quantitative estimate of drug-likeness (QED) is 0.766. The van der Waals surface area contributed by atoms with Gasteiger partial charge in [0, 0.05) is 19.3 Å². The summed E-state index contributed by atoms with van der Waals surface area (Å²) in [5, 5.41) is 17.7. The van der Waals surface area contributed by atoms with Crippen LogP contribution in [0.2, 0.25) is 0 Å². The van der Waals surface area contributed by atoms with Crippen LogP contribution in [0.25, 0.3) is 0 Å². The van der Waals surface area contributed by atoms with Crippen molar-refractivity contribution in [1.82, 2.24) is 4.98 Å². The zero-order valence-corrected chi connectivity index (χ0v) is 8.83. The summed E-state index contributed by atoms with van der Waals surface area (Å²) in [5.74, 6) is 0.820. The second kappa shape index (κ2) is 4.92. The van der Waals surface area contributed by atoms with Crippen molar-refractivity contribution in [3.63, 3.8) is 0 Å². The van der Waals surface area contributed by atoms with Crippen LogP contribution in [-0.2, 0) is 4.74 Å². The number of nitrogens with zero attached hydrogens (tertiary/aromatic N) is 3. The predicted molar refractivity (Wildman–Crippen MR) is 58.0 cm³/mol. The molecule has 0 radical (unpaired) electrons. The third-order valence-corrected chi connectivity index (χ3v) is 2.54. The molecule has 1 aromatic rings. The Labute approximate surface area is 93.9 Å². The number of pyridine rings is 1. The van der Waals surface area contributed by atoms with Gasteiger partial charge in [-0.15, -0.1) is 0 Å². The van der Waals surface area contributed by atoms with E-state index in [4.69, 9.17) is 15.1 Å². The van der Waals surface area contributed by atoms with E-state index in [1.165, 1.54) is 0 Å². The Bertz CT molecular complexity index is 385. The molecule has 5 nitrogen and oxygen atoms in total. The Kier molecular flexibility index (Phi) is 3.34. The molecule has 84 valence electrons. The third kappa shape index (κ3) is 2.30. The monoisotopic (exact) mass is 219 g/mol. The highest BCUT2D eigenvalue weighted by atomic mass is 16.5. The molecular weight excluding hydrogens is 206 g/mol. The van der Waals surface area contributed by atoms with Crippen molar-refractivity contribution < 1.29 is 9.84 Å². The lowest BCUT2D eigenvalue weighted by atomic mass is 10.2. The van der Waals surface area contributed by atoms with Crippen LogP contribution in [0.5, 0.6) is 0 Å². The molecule has 0 bridgehead atoms. The average Bonchev–Trinajstić information content (AvgIpc) is 2.39. The average molecular weight is 219 g/mol. The van der Waals surface area contributed by atoms with Gasteiger partial charge in [0.15, 0.2) is 0 Å². The molecule has 1 unspecified atom stereocenters. The molecule has 5 heteroatoms. The zero-order chi connectivity index (χ0) is 11.4. The van der Waals surface area contributed by atoms with E-state index in [0.717, 1.165) is 12.4 Å². The van der Waals surface area contributed by atoms with Crippen LogP contribution in [0.3, 0.4) is 0 Å². The smallest absolute Gasteiger partial charge is 0.128 e. The molecule has 1 aromatic heterocycles. The van der Waals surface area contributed by atoms with Crippen LogP contribution in [0.1, 0.15) is 5.56 Å². The van der Waals surface area contributed by atoms with Gasteiger partial charge < -0.3 is 14.7 Å². The lowest BCUT2D eigenvalue weighted by Gasteiger charge is -2.32. The predicted octanol–water partition coefficient (Wildman–Crippen LogP) is 0.151. The molecule has 2 heterocycles. The number of aromatic nitrogens is 1. The standard InChI is InChI=1S/C11H13N3O2/c12-5-9-1-2-11(13-6-9)14-3-4-16-10(7-14)8-15/h1-2,6,10,15H,3-4,7-8H2. The van der Waals surface area contributed by atoms with E-state index in [-0.39, 0.29) is 12.7 Å². The first-order chi connectivity index (χ1) is 7.83. The lowest BCUT2D eigenvalue weighted by Crippen LogP contribution is -2.44. The van der Waals surface area contributed by atoms with Crippen molar-refractivity contribution in [2.24, 2.45) is 0 Å². The van der Waals surface area contributed by atoms with Gasteiger partial charge in [-0.3, -0.25) is 0 Å². The molecule has 1 saturated heterocycles. The van der Waals surface area contributed by atoms with Gasteiger partial charge in [-0.25, -0.2) is 4.98 Å². The number of ether oxygens (including phenoxy) is 1. The fraction of sp³-hybridized carbons (Fsp3) is 0.455. The maximum atomic E-state index is 9.02. The van der Waals surface area contributed by atoms with Gasteiger partial charge in [-0.2, -0.15) is 5.26 Å². The second-order valence-electron chi connectivity index (χ2n) is 3.64. The van der Waals surface area contributed by atoms with E-state index in [2.05, 4.69) is 4.98 Å². The molecular formula is C11H13N3O2. The number of nitriles is 1.